The van der Waals surface area contributed by atoms with E-state index in [9.17, 15) is 45.6 Å². The second kappa shape index (κ2) is 7.40. The van der Waals surface area contributed by atoms with E-state index in [2.05, 4.69) is 0 Å². The van der Waals surface area contributed by atoms with Gasteiger partial charge in [0.25, 0.3) is 0 Å². The van der Waals surface area contributed by atoms with Gasteiger partial charge in [0.1, 0.15) is 36.1 Å². The molecule has 34 heavy (non-hydrogen) atoms. The summed E-state index contributed by atoms with van der Waals surface area (Å²) in [5.41, 5.74) is -3.72. The summed E-state index contributed by atoms with van der Waals surface area (Å²) in [5, 5.41) is 84.2. The van der Waals surface area contributed by atoms with Crippen molar-refractivity contribution in [2.75, 3.05) is 13.2 Å². The minimum absolute atomic E-state index is 0.00233. The summed E-state index contributed by atoms with van der Waals surface area (Å²) < 4.78 is 22.5. The second-order valence-corrected chi connectivity index (χ2v) is 10.3. The van der Waals surface area contributed by atoms with E-state index in [0.29, 0.717) is 0 Å². The van der Waals surface area contributed by atoms with Gasteiger partial charge in [-0.1, -0.05) is 13.0 Å². The van der Waals surface area contributed by atoms with Gasteiger partial charge in [0.15, 0.2) is 12.4 Å². The van der Waals surface area contributed by atoms with Crippen LogP contribution in [0, 0.1) is 10.8 Å². The summed E-state index contributed by atoms with van der Waals surface area (Å²) in [6, 6.07) is 0. The Bertz CT molecular complexity index is 905. The van der Waals surface area contributed by atoms with E-state index in [4.69, 9.17) is 18.9 Å². The summed E-state index contributed by atoms with van der Waals surface area (Å²) in [4.78, 5) is 11.4. The Kier molecular flexibility index (Phi) is 5.32. The highest BCUT2D eigenvalue weighted by Gasteiger charge is 2.84. The molecule has 0 aromatic heterocycles. The second-order valence-electron chi connectivity index (χ2n) is 10.3. The van der Waals surface area contributed by atoms with Crippen LogP contribution in [0.3, 0.4) is 0 Å². The number of carbonyl (C=O) groups is 1. The van der Waals surface area contributed by atoms with E-state index < -0.39 is 89.9 Å². The first kappa shape index (κ1) is 24.5. The lowest BCUT2D eigenvalue weighted by Crippen LogP contribution is -2.75. The third-order valence-electron chi connectivity index (χ3n) is 8.84. The Balaban J connectivity index is 1.54. The molecule has 0 aromatic carbocycles. The number of aliphatic hydroxyl groups is 7. The molecule has 13 heteroatoms. The minimum atomic E-state index is -2.64. The molecule has 5 rings (SSSR count). The number of hydrogen-bond acceptors (Lipinski definition) is 12. The molecule has 0 aromatic rings. The van der Waals surface area contributed by atoms with Crippen molar-refractivity contribution < 1.29 is 64.6 Å². The summed E-state index contributed by atoms with van der Waals surface area (Å²) in [5.74, 6) is -4.28. The number of hydrogen-bond donors (Lipinski definition) is 8. The van der Waals surface area contributed by atoms with Gasteiger partial charge in [0, 0.05) is 5.41 Å². The standard InChI is InChI=1S/C21H30O13/c1-7-3-9-19(5-22,18(2)4-8(23)14(32-9)20(18)6-31-20)17(29)21(7,30)34-16-12(26)10(24)11(25)13(33-16)15(27)28/h3,8-14,16-17,22-26,29-30H,4-6H2,1-2H3,(H,27,28)/t8-,9-,10+,11+,12-,13+,14-,16+,17+,18-,19-,20+,21?/m1/s1. The topological polar surface area (TPSA) is 219 Å². The monoisotopic (exact) mass is 490 g/mol. The van der Waals surface area contributed by atoms with Crippen molar-refractivity contribution in [2.45, 2.75) is 86.8 Å². The highest BCUT2D eigenvalue weighted by molar-refractivity contribution is 5.73. The highest BCUT2D eigenvalue weighted by atomic mass is 16.8. The van der Waals surface area contributed by atoms with E-state index in [0.717, 1.165) is 0 Å². The Morgan fingerprint density at radius 2 is 1.79 bits per heavy atom. The zero-order valence-electron chi connectivity index (χ0n) is 18.5. The van der Waals surface area contributed by atoms with Crippen molar-refractivity contribution in [2.24, 2.45) is 10.8 Å². The number of rotatable bonds is 4. The number of fused-ring (bicyclic) bond motifs is 2. The van der Waals surface area contributed by atoms with Gasteiger partial charge >= 0.3 is 5.97 Å². The first-order valence-electron chi connectivity index (χ1n) is 11.1. The average Bonchev–Trinajstić information content (AvgIpc) is 3.55. The molecular weight excluding hydrogens is 460 g/mol. The van der Waals surface area contributed by atoms with Crippen LogP contribution in [-0.2, 0) is 23.7 Å². The lowest BCUT2D eigenvalue weighted by atomic mass is 9.50. The van der Waals surface area contributed by atoms with Gasteiger partial charge in [0.05, 0.1) is 30.8 Å². The van der Waals surface area contributed by atoms with Crippen LogP contribution in [0.4, 0.5) is 0 Å². The van der Waals surface area contributed by atoms with Crippen molar-refractivity contribution in [3.8, 4) is 0 Å². The molecule has 2 bridgehead atoms. The zero-order valence-corrected chi connectivity index (χ0v) is 18.5. The largest absolute Gasteiger partial charge is 0.479 e. The maximum Gasteiger partial charge on any atom is 0.335 e. The van der Waals surface area contributed by atoms with Crippen LogP contribution in [0.2, 0.25) is 0 Å². The van der Waals surface area contributed by atoms with Crippen molar-refractivity contribution in [1.29, 1.82) is 0 Å². The fraction of sp³-hybridized carbons (Fsp3) is 0.857. The van der Waals surface area contributed by atoms with Crippen molar-refractivity contribution in [3.05, 3.63) is 11.6 Å². The molecule has 3 saturated heterocycles. The van der Waals surface area contributed by atoms with Crippen LogP contribution >= 0.6 is 0 Å². The maximum atomic E-state index is 11.6. The SMILES string of the molecule is CC1=C[C@H]2O[C@@H]3[C@H](O)C[C@](C)([C@@]2(CO)[C@H](O)C1(O)O[C@@H]1O[C@H](C(=O)O)[C@@H](O)[C@H](O)[C@H]1O)[C@]31CO1. The summed E-state index contributed by atoms with van der Waals surface area (Å²) in [6.45, 7) is 2.62. The molecule has 1 saturated carbocycles. The Morgan fingerprint density at radius 3 is 2.35 bits per heavy atom. The number of carboxylic acids is 1. The van der Waals surface area contributed by atoms with Crippen LogP contribution in [0.15, 0.2) is 11.6 Å². The van der Waals surface area contributed by atoms with E-state index >= 15 is 0 Å². The number of carboxylic acid groups (broad SMARTS) is 1. The van der Waals surface area contributed by atoms with Gasteiger partial charge in [0.2, 0.25) is 5.79 Å². The summed E-state index contributed by atoms with van der Waals surface area (Å²) in [7, 11) is 0. The van der Waals surface area contributed by atoms with Crippen LogP contribution in [-0.4, -0.2) is 127 Å². The fourth-order valence-electron chi connectivity index (χ4n) is 6.65. The van der Waals surface area contributed by atoms with Crippen LogP contribution in [0.5, 0.6) is 0 Å². The van der Waals surface area contributed by atoms with Crippen molar-refractivity contribution in [3.63, 3.8) is 0 Å². The Labute approximate surface area is 193 Å². The van der Waals surface area contributed by atoms with Crippen LogP contribution < -0.4 is 0 Å². The molecule has 8 N–H and O–H groups in total. The molecule has 2 aliphatic carbocycles. The molecule has 13 nitrogen and oxygen atoms in total. The van der Waals surface area contributed by atoms with Gasteiger partial charge in [-0.2, -0.15) is 0 Å². The molecule has 0 amide bonds. The van der Waals surface area contributed by atoms with Crippen molar-refractivity contribution in [1.82, 2.24) is 0 Å². The predicted molar refractivity (Wildman–Crippen MR) is 106 cm³/mol. The molecule has 0 radical (unpaired) electrons. The maximum absolute atomic E-state index is 11.6. The van der Waals surface area contributed by atoms with Gasteiger partial charge < -0.3 is 59.8 Å². The van der Waals surface area contributed by atoms with E-state index in [1.54, 1.807) is 6.92 Å². The number of aliphatic carboxylic acids is 1. The normalized spacial score (nSPS) is 58.4. The molecular formula is C21H30O13. The molecule has 1 unspecified atom stereocenters. The summed E-state index contributed by atoms with van der Waals surface area (Å²) in [6.07, 6.45) is -12.9. The first-order valence-corrected chi connectivity index (χ1v) is 11.1. The molecule has 3 aliphatic heterocycles. The van der Waals surface area contributed by atoms with Gasteiger partial charge in [-0.3, -0.25) is 0 Å². The molecule has 3 heterocycles. The van der Waals surface area contributed by atoms with Crippen molar-refractivity contribution >= 4 is 5.97 Å². The highest BCUT2D eigenvalue weighted by Crippen LogP contribution is 2.72. The molecule has 192 valence electrons. The van der Waals surface area contributed by atoms with Crippen LogP contribution in [0.25, 0.3) is 0 Å². The zero-order chi connectivity index (χ0) is 25.0. The third kappa shape index (κ3) is 2.69. The van der Waals surface area contributed by atoms with Gasteiger partial charge in [-0.05, 0) is 18.9 Å². The third-order valence-corrected chi connectivity index (χ3v) is 8.84. The minimum Gasteiger partial charge on any atom is -0.479 e. The van der Waals surface area contributed by atoms with Gasteiger partial charge in [-0.15, -0.1) is 0 Å². The lowest BCUT2D eigenvalue weighted by molar-refractivity contribution is -0.388. The Morgan fingerprint density at radius 1 is 1.15 bits per heavy atom. The number of aliphatic hydroxyl groups excluding tert-OH is 6. The van der Waals surface area contributed by atoms with E-state index in [1.807, 2.05) is 0 Å². The lowest BCUT2D eigenvalue weighted by Gasteiger charge is -2.62. The number of epoxide rings is 1. The van der Waals surface area contributed by atoms with E-state index in [1.165, 1.54) is 13.0 Å². The van der Waals surface area contributed by atoms with Gasteiger partial charge in [-0.25, -0.2) is 4.79 Å². The number of ether oxygens (including phenoxy) is 4. The smallest absolute Gasteiger partial charge is 0.335 e. The van der Waals surface area contributed by atoms with Crippen LogP contribution in [0.1, 0.15) is 20.3 Å². The first-order chi connectivity index (χ1) is 15.8. The van der Waals surface area contributed by atoms with E-state index in [-0.39, 0.29) is 18.6 Å². The Hall–Kier alpha value is -1.23. The molecule has 4 fully saturated rings. The average molecular weight is 490 g/mol. The fourth-order valence-corrected chi connectivity index (χ4v) is 6.65. The molecule has 1 spiro atoms. The summed E-state index contributed by atoms with van der Waals surface area (Å²) >= 11 is 0. The quantitative estimate of drug-likeness (QED) is 0.108. The molecule has 13 atom stereocenters. The molecule has 5 aliphatic rings. The predicted octanol–water partition coefficient (Wildman–Crippen LogP) is -3.81.